The highest BCUT2D eigenvalue weighted by atomic mass is 16.6. The SMILES string of the molecule is C=C(C)[C@H](OC(=O)CC)[C@H](C[C@@H](C)[C@]12CC[C@@]3(C)[C@@]1(C[C@H](OC(=O)CC)[C@H]1[C@@]4(C)CCC(=O)C(C)(C)[C@@H]4CC[C@@]13C)O2)OC(=O)CC. The van der Waals surface area contributed by atoms with Crippen LogP contribution in [-0.2, 0) is 38.1 Å². The van der Waals surface area contributed by atoms with Crippen molar-refractivity contribution in [2.75, 3.05) is 0 Å². The first-order valence-corrected chi connectivity index (χ1v) is 18.3. The summed E-state index contributed by atoms with van der Waals surface area (Å²) in [6.45, 7) is 24.9. The number of hydrogen-bond donors (Lipinski definition) is 0. The van der Waals surface area contributed by atoms with Gasteiger partial charge in [-0.25, -0.2) is 0 Å². The molecule has 0 aromatic heterocycles. The minimum absolute atomic E-state index is 0.0398. The Morgan fingerprint density at radius 3 is 2.13 bits per heavy atom. The first-order chi connectivity index (χ1) is 21.8. The van der Waals surface area contributed by atoms with Crippen LogP contribution in [0.2, 0.25) is 0 Å². The molecular formula is C39H60O8. The average molecular weight is 657 g/mol. The van der Waals surface area contributed by atoms with Crippen molar-refractivity contribution in [3.05, 3.63) is 12.2 Å². The summed E-state index contributed by atoms with van der Waals surface area (Å²) in [6.07, 6.45) is 5.15. The molecule has 4 aliphatic carbocycles. The highest BCUT2D eigenvalue weighted by molar-refractivity contribution is 5.85. The molecule has 47 heavy (non-hydrogen) atoms. The van der Waals surface area contributed by atoms with E-state index in [1.54, 1.807) is 20.8 Å². The number of fused-ring (bicyclic) bond motifs is 4. The fourth-order valence-corrected chi connectivity index (χ4v) is 11.9. The molecule has 1 heterocycles. The minimum atomic E-state index is -0.751. The second-order valence-electron chi connectivity index (χ2n) is 17.0. The molecule has 8 nitrogen and oxygen atoms in total. The maximum Gasteiger partial charge on any atom is 0.306 e. The Kier molecular flexibility index (Phi) is 9.19. The third-order valence-electron chi connectivity index (χ3n) is 14.5. The van der Waals surface area contributed by atoms with Gasteiger partial charge in [-0.15, -0.1) is 0 Å². The van der Waals surface area contributed by atoms with E-state index in [0.717, 1.165) is 32.1 Å². The summed E-state index contributed by atoms with van der Waals surface area (Å²) in [4.78, 5) is 51.5. The number of rotatable bonds is 11. The number of esters is 3. The third-order valence-corrected chi connectivity index (χ3v) is 14.5. The topological polar surface area (TPSA) is 108 Å². The molecule has 0 aromatic carbocycles. The highest BCUT2D eigenvalue weighted by Crippen LogP contribution is 2.84. The van der Waals surface area contributed by atoms with Crippen molar-refractivity contribution in [3.8, 4) is 0 Å². The second kappa shape index (κ2) is 12.0. The number of ketones is 1. The van der Waals surface area contributed by atoms with Gasteiger partial charge >= 0.3 is 17.9 Å². The first-order valence-electron chi connectivity index (χ1n) is 18.3. The number of carbonyl (C=O) groups excluding carboxylic acids is 4. The van der Waals surface area contributed by atoms with Crippen molar-refractivity contribution < 1.29 is 38.1 Å². The van der Waals surface area contributed by atoms with Gasteiger partial charge in [0, 0.05) is 48.9 Å². The zero-order valence-corrected chi connectivity index (χ0v) is 30.7. The summed E-state index contributed by atoms with van der Waals surface area (Å²) in [5.41, 5.74) is -1.31. The first kappa shape index (κ1) is 36.1. The molecule has 0 amide bonds. The van der Waals surface area contributed by atoms with Gasteiger partial charge in [-0.1, -0.05) is 68.9 Å². The van der Waals surface area contributed by atoms with Crippen LogP contribution in [0.15, 0.2) is 12.2 Å². The molecule has 0 unspecified atom stereocenters. The molecule has 1 spiro atoms. The smallest absolute Gasteiger partial charge is 0.306 e. The summed E-state index contributed by atoms with van der Waals surface area (Å²) >= 11 is 0. The lowest BCUT2D eigenvalue weighted by Crippen LogP contribution is -2.69. The molecule has 264 valence electrons. The van der Waals surface area contributed by atoms with E-state index in [4.69, 9.17) is 18.9 Å². The van der Waals surface area contributed by atoms with Gasteiger partial charge in [0.15, 0.2) is 6.10 Å². The quantitative estimate of drug-likeness (QED) is 0.0964. The highest BCUT2D eigenvalue weighted by Gasteiger charge is 2.89. The third kappa shape index (κ3) is 5.07. The summed E-state index contributed by atoms with van der Waals surface area (Å²) in [5.74, 6) is -0.278. The molecule has 0 bridgehead atoms. The summed E-state index contributed by atoms with van der Waals surface area (Å²) in [5, 5.41) is 0. The zero-order valence-electron chi connectivity index (χ0n) is 30.7. The molecular weight excluding hydrogens is 596 g/mol. The van der Waals surface area contributed by atoms with Gasteiger partial charge in [-0.05, 0) is 73.7 Å². The molecule has 5 aliphatic rings. The fourth-order valence-electron chi connectivity index (χ4n) is 11.9. The van der Waals surface area contributed by atoms with E-state index in [-0.39, 0.29) is 70.9 Å². The van der Waals surface area contributed by atoms with Gasteiger partial charge in [0.25, 0.3) is 0 Å². The van der Waals surface area contributed by atoms with E-state index < -0.39 is 28.8 Å². The van der Waals surface area contributed by atoms with E-state index in [2.05, 4.69) is 48.1 Å². The van der Waals surface area contributed by atoms with Crippen LogP contribution in [-0.4, -0.2) is 53.2 Å². The van der Waals surface area contributed by atoms with Crippen molar-refractivity contribution in [3.63, 3.8) is 0 Å². The predicted molar refractivity (Wildman–Crippen MR) is 178 cm³/mol. The summed E-state index contributed by atoms with van der Waals surface area (Å²) < 4.78 is 25.4. The molecule has 5 rings (SSSR count). The van der Waals surface area contributed by atoms with Gasteiger partial charge in [0.1, 0.15) is 29.2 Å². The molecule has 0 aromatic rings. The van der Waals surface area contributed by atoms with E-state index in [0.29, 0.717) is 37.0 Å². The van der Waals surface area contributed by atoms with Crippen molar-refractivity contribution >= 4 is 23.7 Å². The van der Waals surface area contributed by atoms with Crippen LogP contribution in [0, 0.1) is 39.4 Å². The minimum Gasteiger partial charge on any atom is -0.462 e. The Labute approximate surface area is 282 Å². The van der Waals surface area contributed by atoms with Gasteiger partial charge in [-0.3, -0.25) is 19.2 Å². The average Bonchev–Trinajstić information content (AvgIpc) is 3.60. The van der Waals surface area contributed by atoms with E-state index >= 15 is 0 Å². The molecule has 1 aliphatic heterocycles. The van der Waals surface area contributed by atoms with Crippen LogP contribution in [0.4, 0.5) is 0 Å². The maximum absolute atomic E-state index is 13.2. The fraction of sp³-hybridized carbons (Fsp3) is 0.846. The van der Waals surface area contributed by atoms with Crippen LogP contribution in [0.1, 0.15) is 140 Å². The van der Waals surface area contributed by atoms with Gasteiger partial charge in [-0.2, -0.15) is 0 Å². The zero-order chi connectivity index (χ0) is 35.0. The molecule has 0 radical (unpaired) electrons. The molecule has 0 N–H and O–H groups in total. The second-order valence-corrected chi connectivity index (χ2v) is 17.0. The van der Waals surface area contributed by atoms with Crippen molar-refractivity contribution in [1.82, 2.24) is 0 Å². The van der Waals surface area contributed by atoms with E-state index in [1.807, 2.05) is 6.92 Å². The standard InChI is InChI=1S/C39H60O8/c1-12-29(41)44-25(32(23(4)5)46-31(43)14-3)21-24(6)38-20-19-37(11)36(10)18-15-27-34(7,8)28(40)16-17-35(27,9)33(36)26(45-30(42)13-2)22-39(37,38)47-38/h24-27,32-33H,4,12-22H2,1-3,5-11H3/t24-,25+,26+,27+,32+,33+,35+,36+,37-,38-,39-/m1/s1. The largest absolute Gasteiger partial charge is 0.462 e. The van der Waals surface area contributed by atoms with Crippen molar-refractivity contribution in [2.24, 2.45) is 39.4 Å². The lowest BCUT2D eigenvalue weighted by molar-refractivity contribution is -0.248. The van der Waals surface area contributed by atoms with Crippen molar-refractivity contribution in [1.29, 1.82) is 0 Å². The van der Waals surface area contributed by atoms with Crippen LogP contribution >= 0.6 is 0 Å². The lowest BCUT2D eigenvalue weighted by atomic mass is 9.34. The van der Waals surface area contributed by atoms with Crippen LogP contribution in [0.5, 0.6) is 0 Å². The molecule has 11 atom stereocenters. The Bertz CT molecular complexity index is 1320. The van der Waals surface area contributed by atoms with Gasteiger partial charge in [0.2, 0.25) is 0 Å². The monoisotopic (exact) mass is 656 g/mol. The van der Waals surface area contributed by atoms with Gasteiger partial charge < -0.3 is 18.9 Å². The van der Waals surface area contributed by atoms with Crippen LogP contribution < -0.4 is 0 Å². The summed E-state index contributed by atoms with van der Waals surface area (Å²) in [6, 6.07) is 0. The van der Waals surface area contributed by atoms with Crippen molar-refractivity contribution in [2.45, 2.75) is 169 Å². The number of carbonyl (C=O) groups is 4. The molecule has 1 saturated heterocycles. The Morgan fingerprint density at radius 2 is 1.53 bits per heavy atom. The Balaban J connectivity index is 1.53. The Morgan fingerprint density at radius 1 is 0.915 bits per heavy atom. The molecule has 5 fully saturated rings. The summed E-state index contributed by atoms with van der Waals surface area (Å²) in [7, 11) is 0. The molecule has 4 saturated carbocycles. The number of epoxide rings is 1. The van der Waals surface area contributed by atoms with Crippen LogP contribution in [0.25, 0.3) is 0 Å². The Hall–Kier alpha value is -2.22. The van der Waals surface area contributed by atoms with E-state index in [9.17, 15) is 19.2 Å². The number of Topliss-reactive ketones (excluding diaryl/α,β-unsaturated/α-hetero) is 1. The van der Waals surface area contributed by atoms with Crippen LogP contribution in [0.3, 0.4) is 0 Å². The van der Waals surface area contributed by atoms with E-state index in [1.165, 1.54) is 0 Å². The molecule has 8 heteroatoms. The maximum atomic E-state index is 13.2. The normalized spacial score (nSPS) is 41.6. The number of ether oxygens (including phenoxy) is 4. The number of hydrogen-bond acceptors (Lipinski definition) is 8. The van der Waals surface area contributed by atoms with Gasteiger partial charge in [0.05, 0.1) is 0 Å². The lowest BCUT2D eigenvalue weighted by Gasteiger charge is -2.69. The predicted octanol–water partition coefficient (Wildman–Crippen LogP) is 7.69.